The van der Waals surface area contributed by atoms with Gasteiger partial charge in [-0.2, -0.15) is 0 Å². The minimum atomic E-state index is -0.317. The van der Waals surface area contributed by atoms with E-state index >= 15 is 0 Å². The molecule has 5 nitrogen and oxygen atoms in total. The third-order valence-corrected chi connectivity index (χ3v) is 4.60. The van der Waals surface area contributed by atoms with Gasteiger partial charge in [0.2, 0.25) is 0 Å². The largest absolute Gasteiger partial charge is 0.348 e. The molecule has 1 N–H and O–H groups in total. The van der Waals surface area contributed by atoms with Crippen molar-refractivity contribution >= 4 is 5.91 Å². The van der Waals surface area contributed by atoms with Crippen molar-refractivity contribution in [3.8, 4) is 5.69 Å². The molecule has 0 saturated carbocycles. The lowest BCUT2D eigenvalue weighted by atomic mass is 10.1. The van der Waals surface area contributed by atoms with Crippen molar-refractivity contribution < 1.29 is 9.18 Å². The van der Waals surface area contributed by atoms with Crippen molar-refractivity contribution in [2.24, 2.45) is 0 Å². The molecular formula is C21H23FN4O. The molecule has 3 rings (SSSR count). The van der Waals surface area contributed by atoms with Crippen molar-refractivity contribution in [2.75, 3.05) is 0 Å². The zero-order valence-electron chi connectivity index (χ0n) is 15.7. The Morgan fingerprint density at radius 2 is 1.93 bits per heavy atom. The van der Waals surface area contributed by atoms with Gasteiger partial charge in [-0.25, -0.2) is 9.07 Å². The zero-order chi connectivity index (χ0) is 19.4. The normalized spacial score (nSPS) is 12.0. The average Bonchev–Trinajstić information content (AvgIpc) is 3.05. The predicted octanol–water partition coefficient (Wildman–Crippen LogP) is 3.77. The van der Waals surface area contributed by atoms with E-state index in [9.17, 15) is 9.18 Å². The highest BCUT2D eigenvalue weighted by atomic mass is 19.1. The minimum absolute atomic E-state index is 0.000856. The van der Waals surface area contributed by atoms with Gasteiger partial charge in [-0.05, 0) is 56.9 Å². The molecule has 0 aliphatic heterocycles. The maximum absolute atomic E-state index is 13.8. The lowest BCUT2D eigenvalue weighted by Crippen LogP contribution is -2.33. The Hall–Kier alpha value is -3.02. The van der Waals surface area contributed by atoms with Crippen LogP contribution in [-0.2, 0) is 6.42 Å². The number of aryl methyl sites for hydroxylation is 2. The van der Waals surface area contributed by atoms with Crippen molar-refractivity contribution in [1.82, 2.24) is 20.3 Å². The Balaban J connectivity index is 1.66. The molecule has 1 aromatic heterocycles. The first-order valence-corrected chi connectivity index (χ1v) is 8.99. The topological polar surface area (TPSA) is 59.8 Å². The van der Waals surface area contributed by atoms with Crippen LogP contribution in [0.2, 0.25) is 0 Å². The molecule has 0 saturated heterocycles. The number of hydrogen-bond donors (Lipinski definition) is 1. The smallest absolute Gasteiger partial charge is 0.273 e. The van der Waals surface area contributed by atoms with E-state index in [1.165, 1.54) is 16.3 Å². The molecule has 0 fully saturated rings. The highest BCUT2D eigenvalue weighted by Crippen LogP contribution is 2.16. The van der Waals surface area contributed by atoms with E-state index < -0.39 is 0 Å². The van der Waals surface area contributed by atoms with Crippen LogP contribution in [0.3, 0.4) is 0 Å². The number of benzene rings is 2. The SMILES string of the molecule is Cc1ccc(-n2nnc(C(=O)NC(C)CCc3ccccc3)c2C)cc1F. The number of rotatable bonds is 6. The molecule has 27 heavy (non-hydrogen) atoms. The first-order valence-electron chi connectivity index (χ1n) is 8.99. The van der Waals surface area contributed by atoms with Gasteiger partial charge in [0.15, 0.2) is 5.69 Å². The lowest BCUT2D eigenvalue weighted by molar-refractivity contribution is 0.0932. The number of nitrogens with zero attached hydrogens (tertiary/aromatic N) is 3. The van der Waals surface area contributed by atoms with Gasteiger partial charge in [-0.1, -0.05) is 41.6 Å². The Bertz CT molecular complexity index is 937. The fraction of sp³-hybridized carbons (Fsp3) is 0.286. The summed E-state index contributed by atoms with van der Waals surface area (Å²) in [6, 6.07) is 15.0. The third-order valence-electron chi connectivity index (χ3n) is 4.60. The molecule has 0 spiro atoms. The minimum Gasteiger partial charge on any atom is -0.348 e. The first-order chi connectivity index (χ1) is 13.0. The summed E-state index contributed by atoms with van der Waals surface area (Å²) in [6.45, 7) is 5.42. The number of aromatic nitrogens is 3. The van der Waals surface area contributed by atoms with Gasteiger partial charge in [0.1, 0.15) is 5.82 Å². The van der Waals surface area contributed by atoms with Crippen LogP contribution >= 0.6 is 0 Å². The molecule has 0 aliphatic rings. The van der Waals surface area contributed by atoms with Gasteiger partial charge in [0.05, 0.1) is 11.4 Å². The molecule has 6 heteroatoms. The summed E-state index contributed by atoms with van der Waals surface area (Å²) < 4.78 is 15.3. The maximum Gasteiger partial charge on any atom is 0.273 e. The highest BCUT2D eigenvalue weighted by molar-refractivity contribution is 5.93. The van der Waals surface area contributed by atoms with Crippen LogP contribution in [0.4, 0.5) is 4.39 Å². The number of nitrogens with one attached hydrogen (secondary N) is 1. The number of hydrogen-bond acceptors (Lipinski definition) is 3. The van der Waals surface area contributed by atoms with Crippen LogP contribution < -0.4 is 5.32 Å². The van der Waals surface area contributed by atoms with E-state index in [0.29, 0.717) is 16.9 Å². The summed E-state index contributed by atoms with van der Waals surface area (Å²) in [4.78, 5) is 12.6. The van der Waals surface area contributed by atoms with Crippen LogP contribution in [0.15, 0.2) is 48.5 Å². The molecule has 1 unspecified atom stereocenters. The lowest BCUT2D eigenvalue weighted by Gasteiger charge is -2.13. The van der Waals surface area contributed by atoms with E-state index in [1.807, 2.05) is 25.1 Å². The monoisotopic (exact) mass is 366 g/mol. The molecule has 1 amide bonds. The summed E-state index contributed by atoms with van der Waals surface area (Å²) >= 11 is 0. The number of amides is 1. The van der Waals surface area contributed by atoms with Gasteiger partial charge in [-0.15, -0.1) is 5.10 Å². The second kappa shape index (κ2) is 8.12. The standard InChI is InChI=1S/C21H23FN4O/c1-14-9-12-18(13-19(14)22)26-16(3)20(24-25-26)21(27)23-15(2)10-11-17-7-5-4-6-8-17/h4-9,12-13,15H,10-11H2,1-3H3,(H,23,27). The number of carbonyl (C=O) groups excluding carboxylic acids is 1. The second-order valence-electron chi connectivity index (χ2n) is 6.77. The van der Waals surface area contributed by atoms with Crippen LogP contribution in [0, 0.1) is 19.7 Å². The maximum atomic E-state index is 13.8. The fourth-order valence-corrected chi connectivity index (χ4v) is 2.89. The zero-order valence-corrected chi connectivity index (χ0v) is 15.7. The Morgan fingerprint density at radius 3 is 2.63 bits per heavy atom. The van der Waals surface area contributed by atoms with Crippen LogP contribution in [-0.4, -0.2) is 26.9 Å². The van der Waals surface area contributed by atoms with Gasteiger partial charge < -0.3 is 5.32 Å². The Morgan fingerprint density at radius 1 is 1.19 bits per heavy atom. The summed E-state index contributed by atoms with van der Waals surface area (Å²) in [7, 11) is 0. The van der Waals surface area contributed by atoms with Crippen molar-refractivity contribution in [3.63, 3.8) is 0 Å². The summed E-state index contributed by atoms with van der Waals surface area (Å²) in [6.07, 6.45) is 1.71. The molecule has 1 heterocycles. The molecule has 1 atom stereocenters. The molecule has 140 valence electrons. The third kappa shape index (κ3) is 4.39. The molecule has 3 aromatic rings. The van der Waals surface area contributed by atoms with Crippen molar-refractivity contribution in [3.05, 3.63) is 76.9 Å². The second-order valence-corrected chi connectivity index (χ2v) is 6.77. The number of carbonyl (C=O) groups is 1. The summed E-state index contributed by atoms with van der Waals surface area (Å²) in [5.74, 6) is -0.588. The summed E-state index contributed by atoms with van der Waals surface area (Å²) in [5, 5.41) is 11.0. The molecule has 0 aliphatic carbocycles. The average molecular weight is 366 g/mol. The van der Waals surface area contributed by atoms with E-state index in [0.717, 1.165) is 12.8 Å². The molecule has 2 aromatic carbocycles. The van der Waals surface area contributed by atoms with Gasteiger partial charge in [0.25, 0.3) is 5.91 Å². The van der Waals surface area contributed by atoms with Crippen molar-refractivity contribution in [2.45, 2.75) is 39.7 Å². The molecule has 0 bridgehead atoms. The van der Waals surface area contributed by atoms with Crippen LogP contribution in [0.25, 0.3) is 5.69 Å². The number of halogens is 1. The summed E-state index contributed by atoms with van der Waals surface area (Å²) in [5.41, 5.74) is 3.16. The quantitative estimate of drug-likeness (QED) is 0.722. The molecular weight excluding hydrogens is 343 g/mol. The van der Waals surface area contributed by atoms with Gasteiger partial charge in [0, 0.05) is 6.04 Å². The predicted molar refractivity (Wildman–Crippen MR) is 102 cm³/mol. The Labute approximate surface area is 158 Å². The van der Waals surface area contributed by atoms with Gasteiger partial charge >= 0.3 is 0 Å². The van der Waals surface area contributed by atoms with E-state index in [4.69, 9.17) is 0 Å². The van der Waals surface area contributed by atoms with E-state index in [1.54, 1.807) is 26.0 Å². The molecule has 0 radical (unpaired) electrons. The highest BCUT2D eigenvalue weighted by Gasteiger charge is 2.19. The Kier molecular flexibility index (Phi) is 5.64. The van der Waals surface area contributed by atoms with Crippen molar-refractivity contribution in [1.29, 1.82) is 0 Å². The van der Waals surface area contributed by atoms with E-state index in [-0.39, 0.29) is 23.5 Å². The van der Waals surface area contributed by atoms with Crippen LogP contribution in [0.1, 0.15) is 40.7 Å². The van der Waals surface area contributed by atoms with E-state index in [2.05, 4.69) is 27.8 Å². The van der Waals surface area contributed by atoms with Gasteiger partial charge in [-0.3, -0.25) is 4.79 Å². The van der Waals surface area contributed by atoms with Crippen LogP contribution in [0.5, 0.6) is 0 Å². The first kappa shape index (κ1) is 18.8. The fourth-order valence-electron chi connectivity index (χ4n) is 2.89.